The second kappa shape index (κ2) is 10.0. The van der Waals surface area contributed by atoms with Gasteiger partial charge in [0, 0.05) is 24.0 Å². The zero-order chi connectivity index (χ0) is 25.0. The van der Waals surface area contributed by atoms with Crippen LogP contribution in [0.4, 0.5) is 33.7 Å². The van der Waals surface area contributed by atoms with Gasteiger partial charge in [0.1, 0.15) is 17.3 Å². The number of hydrogen-bond acceptors (Lipinski definition) is 6. The first kappa shape index (κ1) is 24.0. The molecule has 4 rings (SSSR count). The number of urea groups is 1. The van der Waals surface area contributed by atoms with E-state index < -0.39 is 29.3 Å². The predicted octanol–water partition coefficient (Wildman–Crippen LogP) is 3.90. The van der Waals surface area contributed by atoms with Crippen LogP contribution in [0.5, 0.6) is 0 Å². The van der Waals surface area contributed by atoms with Gasteiger partial charge in [0.15, 0.2) is 5.65 Å². The van der Waals surface area contributed by atoms with Gasteiger partial charge < -0.3 is 21.1 Å². The zero-order valence-corrected chi connectivity index (χ0v) is 17.9. The van der Waals surface area contributed by atoms with Gasteiger partial charge in [-0.2, -0.15) is 18.3 Å². The molecule has 2 amide bonds. The molecule has 35 heavy (non-hydrogen) atoms. The molecule has 13 heteroatoms. The lowest BCUT2D eigenvalue weighted by atomic mass is 10.1. The number of alkyl halides is 3. The average molecular weight is 489 g/mol. The van der Waals surface area contributed by atoms with Gasteiger partial charge >= 0.3 is 12.2 Å². The molecule has 0 aliphatic rings. The van der Waals surface area contributed by atoms with Crippen molar-refractivity contribution in [2.75, 3.05) is 23.8 Å². The highest BCUT2D eigenvalue weighted by Gasteiger charge is 2.31. The van der Waals surface area contributed by atoms with Gasteiger partial charge in [-0.05, 0) is 30.3 Å². The summed E-state index contributed by atoms with van der Waals surface area (Å²) in [5.41, 5.74) is 0.454. The fourth-order valence-electron chi connectivity index (χ4n) is 3.22. The van der Waals surface area contributed by atoms with Crippen LogP contribution in [0.25, 0.3) is 22.3 Å². The van der Waals surface area contributed by atoms with Gasteiger partial charge in [0.2, 0.25) is 0 Å². The van der Waals surface area contributed by atoms with Crippen LogP contribution < -0.4 is 16.0 Å². The lowest BCUT2D eigenvalue weighted by molar-refractivity contribution is -0.137. The van der Waals surface area contributed by atoms with Crippen molar-refractivity contribution in [3.63, 3.8) is 0 Å². The number of aromatic amines is 1. The lowest BCUT2D eigenvalue weighted by Gasteiger charge is -2.12. The first-order valence-corrected chi connectivity index (χ1v) is 10.3. The van der Waals surface area contributed by atoms with Gasteiger partial charge in [-0.25, -0.2) is 19.2 Å². The maximum Gasteiger partial charge on any atom is 0.416 e. The number of halogens is 4. The third kappa shape index (κ3) is 5.70. The molecule has 0 spiro atoms. The van der Waals surface area contributed by atoms with E-state index in [9.17, 15) is 22.4 Å². The molecule has 182 valence electrons. The Morgan fingerprint density at radius 1 is 1.09 bits per heavy atom. The first-order chi connectivity index (χ1) is 16.7. The van der Waals surface area contributed by atoms with Crippen molar-refractivity contribution in [1.82, 2.24) is 25.5 Å². The van der Waals surface area contributed by atoms with E-state index in [4.69, 9.17) is 5.11 Å². The first-order valence-electron chi connectivity index (χ1n) is 10.3. The van der Waals surface area contributed by atoms with Crippen molar-refractivity contribution < 1.29 is 27.5 Å². The molecule has 9 nitrogen and oxygen atoms in total. The summed E-state index contributed by atoms with van der Waals surface area (Å²) in [5.74, 6) is -0.465. The number of nitrogens with one attached hydrogen (secondary N) is 4. The molecule has 0 radical (unpaired) electrons. The second-order valence-corrected chi connectivity index (χ2v) is 7.37. The Hall–Kier alpha value is -4.10. The molecule has 0 aliphatic carbocycles. The summed E-state index contributed by atoms with van der Waals surface area (Å²) in [5, 5.41) is 24.1. The number of hydrogen-bond donors (Lipinski definition) is 5. The normalized spacial score (nSPS) is 11.6. The number of benzene rings is 2. The van der Waals surface area contributed by atoms with Crippen molar-refractivity contribution in [3.8, 4) is 11.3 Å². The van der Waals surface area contributed by atoms with Crippen LogP contribution in [0.1, 0.15) is 11.4 Å². The second-order valence-electron chi connectivity index (χ2n) is 7.37. The van der Waals surface area contributed by atoms with Crippen LogP contribution >= 0.6 is 0 Å². The summed E-state index contributed by atoms with van der Waals surface area (Å²) in [6, 6.07) is 7.32. The summed E-state index contributed by atoms with van der Waals surface area (Å²) in [7, 11) is 0. The van der Waals surface area contributed by atoms with Crippen LogP contribution in [0.2, 0.25) is 0 Å². The molecule has 0 atom stereocenters. The molecule has 2 aromatic carbocycles. The van der Waals surface area contributed by atoms with E-state index in [1.54, 1.807) is 30.5 Å². The van der Waals surface area contributed by atoms with E-state index in [2.05, 4.69) is 36.1 Å². The van der Waals surface area contributed by atoms with Crippen molar-refractivity contribution in [3.05, 3.63) is 65.9 Å². The van der Waals surface area contributed by atoms with E-state index in [0.717, 1.165) is 0 Å². The highest BCUT2D eigenvalue weighted by atomic mass is 19.4. The molecular weight excluding hydrogens is 470 g/mol. The highest BCUT2D eigenvalue weighted by Crippen LogP contribution is 2.32. The quantitative estimate of drug-likeness (QED) is 0.198. The Morgan fingerprint density at radius 2 is 1.86 bits per heavy atom. The van der Waals surface area contributed by atoms with E-state index in [1.165, 1.54) is 0 Å². The topological polar surface area (TPSA) is 128 Å². The Balaban J connectivity index is 1.44. The molecule has 4 aromatic rings. The lowest BCUT2D eigenvalue weighted by Crippen LogP contribution is -2.20. The number of amides is 2. The molecule has 2 aromatic heterocycles. The number of nitrogens with zero attached hydrogens (tertiary/aromatic N) is 3. The molecular formula is C22H19F4N7O2. The molecule has 0 saturated heterocycles. The van der Waals surface area contributed by atoms with Crippen LogP contribution in [-0.2, 0) is 12.7 Å². The molecule has 0 unspecified atom stereocenters. The zero-order valence-electron chi connectivity index (χ0n) is 17.9. The minimum Gasteiger partial charge on any atom is -0.395 e. The number of carbonyl (C=O) groups is 1. The largest absolute Gasteiger partial charge is 0.416 e. The average Bonchev–Trinajstić information content (AvgIpc) is 3.24. The maximum absolute atomic E-state index is 13.9. The van der Waals surface area contributed by atoms with Gasteiger partial charge in [0.05, 0.1) is 29.8 Å². The number of rotatable bonds is 7. The summed E-state index contributed by atoms with van der Waals surface area (Å²) < 4.78 is 52.4. The Bertz CT molecular complexity index is 1340. The summed E-state index contributed by atoms with van der Waals surface area (Å²) in [4.78, 5) is 20.8. The van der Waals surface area contributed by atoms with Crippen molar-refractivity contribution in [2.45, 2.75) is 12.7 Å². The maximum atomic E-state index is 13.9. The third-order valence-electron chi connectivity index (χ3n) is 4.90. The van der Waals surface area contributed by atoms with Gasteiger partial charge in [-0.15, -0.1) is 0 Å². The fraction of sp³-hybridized carbons (Fsp3) is 0.182. The van der Waals surface area contributed by atoms with Gasteiger partial charge in [-0.1, -0.05) is 12.1 Å². The predicted molar refractivity (Wildman–Crippen MR) is 120 cm³/mol. The number of carbonyl (C=O) groups excluding carboxylic acids is 1. The number of fused-ring (bicyclic) bond motifs is 1. The third-order valence-corrected chi connectivity index (χ3v) is 4.90. The minimum atomic E-state index is -4.67. The van der Waals surface area contributed by atoms with Crippen LogP contribution in [0.15, 0.2) is 48.7 Å². The van der Waals surface area contributed by atoms with Crippen LogP contribution in [0.3, 0.4) is 0 Å². The van der Waals surface area contributed by atoms with Crippen molar-refractivity contribution in [2.24, 2.45) is 0 Å². The van der Waals surface area contributed by atoms with Crippen molar-refractivity contribution in [1.29, 1.82) is 0 Å². The number of aliphatic hydroxyl groups is 1. The molecule has 0 aliphatic heterocycles. The summed E-state index contributed by atoms with van der Waals surface area (Å²) in [6.45, 7) is 0.811. The molecule has 0 fully saturated rings. The molecule has 0 bridgehead atoms. The number of H-pyrrole nitrogens is 1. The van der Waals surface area contributed by atoms with Crippen molar-refractivity contribution >= 4 is 28.4 Å². The minimum absolute atomic E-state index is 0.00505. The van der Waals surface area contributed by atoms with Gasteiger partial charge in [0.25, 0.3) is 0 Å². The summed E-state index contributed by atoms with van der Waals surface area (Å²) >= 11 is 0. The van der Waals surface area contributed by atoms with Crippen LogP contribution in [-0.4, -0.2) is 44.5 Å². The fourth-order valence-corrected chi connectivity index (χ4v) is 3.22. The Kier molecular flexibility index (Phi) is 6.89. The van der Waals surface area contributed by atoms with E-state index in [1.807, 2.05) is 0 Å². The van der Waals surface area contributed by atoms with E-state index in [0.29, 0.717) is 65.1 Å². The number of aliphatic hydroxyl groups excluding tert-OH is 1. The molecule has 0 saturated carbocycles. The SMILES string of the molecule is O=C(Nc1ccc(-c2n[nH]c3nc(CNCCO)ncc23)cc1)Nc1cc(C(F)(F)F)ccc1F. The Labute approximate surface area is 195 Å². The highest BCUT2D eigenvalue weighted by molar-refractivity contribution is 6.00. The standard InChI is InChI=1S/C22H19F4N7O2/c23-16-6-3-13(22(24,25)26)9-17(16)30-21(35)29-14-4-1-12(2-5-14)19-15-10-28-18(11-27-7-8-34)31-20(15)33-32-19/h1-6,9-10,27,34H,7-8,11H2,(H2,29,30,35)(H,28,31,32,33). The molecule has 5 N–H and O–H groups in total. The van der Waals surface area contributed by atoms with E-state index in [-0.39, 0.29) is 6.61 Å². The smallest absolute Gasteiger partial charge is 0.395 e. The molecule has 2 heterocycles. The Morgan fingerprint density at radius 3 is 2.57 bits per heavy atom. The monoisotopic (exact) mass is 489 g/mol. The van der Waals surface area contributed by atoms with Crippen LogP contribution in [0, 0.1) is 5.82 Å². The number of anilines is 2. The van der Waals surface area contributed by atoms with E-state index >= 15 is 0 Å². The van der Waals surface area contributed by atoms with Gasteiger partial charge in [-0.3, -0.25) is 5.10 Å². The number of aromatic nitrogens is 4. The summed E-state index contributed by atoms with van der Waals surface area (Å²) in [6.07, 6.45) is -3.05.